The Hall–Kier alpha value is -3.31. The zero-order valence-electron chi connectivity index (χ0n) is 17.5. The van der Waals surface area contributed by atoms with E-state index in [4.69, 9.17) is 16.3 Å². The van der Waals surface area contributed by atoms with E-state index in [1.807, 2.05) is 0 Å². The molecule has 1 N–H and O–H groups in total. The molecular weight excluding hydrogens is 477 g/mol. The number of carbonyl (C=O) groups is 2. The summed E-state index contributed by atoms with van der Waals surface area (Å²) in [5, 5.41) is 5.14. The normalized spacial score (nSPS) is 18.1. The molecule has 2 aromatic rings. The summed E-state index contributed by atoms with van der Waals surface area (Å²) in [6.07, 6.45) is 1.24. The zero-order chi connectivity index (χ0) is 24.3. The van der Waals surface area contributed by atoms with Gasteiger partial charge in [-0.15, -0.1) is 4.91 Å². The third-order valence-electron chi connectivity index (χ3n) is 4.99. The minimum atomic E-state index is -4.61. The molecule has 2 amide bonds. The van der Waals surface area contributed by atoms with E-state index in [1.165, 1.54) is 25.3 Å². The number of hydrogen-bond acceptors (Lipinski definition) is 7. The number of methoxy groups -OCH3 is 1. The van der Waals surface area contributed by atoms with E-state index in [1.54, 1.807) is 6.92 Å². The number of ether oxygens (including phenoxy) is 1. The van der Waals surface area contributed by atoms with Crippen molar-refractivity contribution in [1.82, 2.24) is 9.62 Å². The summed E-state index contributed by atoms with van der Waals surface area (Å²) in [4.78, 5) is 36.6. The van der Waals surface area contributed by atoms with E-state index in [0.29, 0.717) is 4.31 Å². The quantitative estimate of drug-likeness (QED) is 0.484. The first-order valence-corrected chi connectivity index (χ1v) is 11.5. The summed E-state index contributed by atoms with van der Waals surface area (Å²) in [5.74, 6) is -2.03. The van der Waals surface area contributed by atoms with Crippen LogP contribution in [0, 0.1) is 10.7 Å². The van der Waals surface area contributed by atoms with Crippen molar-refractivity contribution in [3.8, 4) is 5.75 Å². The van der Waals surface area contributed by atoms with Crippen LogP contribution >= 0.6 is 11.6 Å². The van der Waals surface area contributed by atoms with Gasteiger partial charge in [0.05, 0.1) is 17.0 Å². The van der Waals surface area contributed by atoms with Crippen molar-refractivity contribution < 1.29 is 27.1 Å². The molecule has 1 aliphatic heterocycles. The van der Waals surface area contributed by atoms with Crippen molar-refractivity contribution in [1.29, 1.82) is 0 Å². The number of nitrogens with one attached hydrogen (secondary N) is 1. The third-order valence-corrected chi connectivity index (χ3v) is 7.10. The Morgan fingerprint density at radius 1 is 1.27 bits per heavy atom. The fraction of sp³-hybridized carbons (Fsp3) is 0.238. The van der Waals surface area contributed by atoms with Crippen LogP contribution in [0.1, 0.15) is 18.9 Å². The number of halogens is 2. The molecule has 1 fully saturated rings. The molecule has 0 unspecified atom stereocenters. The molecule has 1 heterocycles. The molecule has 1 atom stereocenters. The molecule has 0 bridgehead atoms. The molecule has 174 valence electrons. The number of sulfonamides is 1. The number of nitrogens with zero attached hydrogens (tertiary/aromatic N) is 2. The number of hydrogen-bond donors (Lipinski definition) is 1. The Morgan fingerprint density at radius 2 is 2.00 bits per heavy atom. The van der Waals surface area contributed by atoms with Crippen molar-refractivity contribution in [2.24, 2.45) is 5.18 Å². The van der Waals surface area contributed by atoms with Crippen LogP contribution in [-0.2, 0) is 19.6 Å². The maximum atomic E-state index is 13.8. The van der Waals surface area contributed by atoms with Crippen LogP contribution in [0.3, 0.4) is 0 Å². The first kappa shape index (κ1) is 24.3. The van der Waals surface area contributed by atoms with Crippen LogP contribution in [0.2, 0.25) is 5.02 Å². The maximum Gasteiger partial charge on any atom is 0.267 e. The van der Waals surface area contributed by atoms with Crippen LogP contribution in [0.15, 0.2) is 52.0 Å². The van der Waals surface area contributed by atoms with Crippen molar-refractivity contribution >= 4 is 45.2 Å². The number of carbonyl (C=O) groups excluding carboxylic acids is 2. The number of rotatable bonds is 6. The SMILES string of the molecule is CC[C@@H]1C(=O)NC/C(=C\c2cc(F)ccc2OC)C(=O)N1S(=O)(=O)c1ccc(Cl)c(N=O)c1. The van der Waals surface area contributed by atoms with Gasteiger partial charge in [-0.25, -0.2) is 17.1 Å². The lowest BCUT2D eigenvalue weighted by Gasteiger charge is -2.27. The predicted molar refractivity (Wildman–Crippen MR) is 119 cm³/mol. The van der Waals surface area contributed by atoms with E-state index in [-0.39, 0.29) is 40.6 Å². The Kier molecular flexibility index (Phi) is 7.13. The van der Waals surface area contributed by atoms with Gasteiger partial charge in [0.25, 0.3) is 15.9 Å². The largest absolute Gasteiger partial charge is 0.496 e. The van der Waals surface area contributed by atoms with Crippen molar-refractivity contribution in [2.75, 3.05) is 13.7 Å². The lowest BCUT2D eigenvalue weighted by atomic mass is 10.1. The average Bonchev–Trinajstić information content (AvgIpc) is 2.90. The highest BCUT2D eigenvalue weighted by Crippen LogP contribution is 2.32. The molecule has 1 aliphatic rings. The average molecular weight is 496 g/mol. The fourth-order valence-corrected chi connectivity index (χ4v) is 5.14. The highest BCUT2D eigenvalue weighted by Gasteiger charge is 2.42. The van der Waals surface area contributed by atoms with Gasteiger partial charge < -0.3 is 10.1 Å². The molecule has 2 aromatic carbocycles. The van der Waals surface area contributed by atoms with Gasteiger partial charge in [-0.2, -0.15) is 0 Å². The van der Waals surface area contributed by atoms with Crippen LogP contribution in [0.5, 0.6) is 5.75 Å². The van der Waals surface area contributed by atoms with Gasteiger partial charge in [-0.3, -0.25) is 9.59 Å². The molecular formula is C21H19ClFN3O6S. The van der Waals surface area contributed by atoms with E-state index < -0.39 is 38.6 Å². The molecule has 0 radical (unpaired) electrons. The van der Waals surface area contributed by atoms with Gasteiger partial charge >= 0.3 is 0 Å². The molecule has 33 heavy (non-hydrogen) atoms. The molecule has 0 spiro atoms. The highest BCUT2D eigenvalue weighted by atomic mass is 35.5. The van der Waals surface area contributed by atoms with E-state index in [2.05, 4.69) is 10.5 Å². The number of benzene rings is 2. The van der Waals surface area contributed by atoms with Crippen LogP contribution < -0.4 is 10.1 Å². The second kappa shape index (κ2) is 9.67. The highest BCUT2D eigenvalue weighted by molar-refractivity contribution is 7.89. The summed E-state index contributed by atoms with van der Waals surface area (Å²) in [6, 6.07) is 5.46. The maximum absolute atomic E-state index is 13.8. The Bertz CT molecular complexity index is 1260. The lowest BCUT2D eigenvalue weighted by Crippen LogP contribution is -2.49. The topological polar surface area (TPSA) is 122 Å². The first-order valence-electron chi connectivity index (χ1n) is 9.67. The third kappa shape index (κ3) is 4.74. The molecule has 1 saturated heterocycles. The van der Waals surface area contributed by atoms with Crippen LogP contribution in [0.4, 0.5) is 10.1 Å². The summed E-state index contributed by atoms with van der Waals surface area (Å²) in [6.45, 7) is 1.26. The second-order valence-corrected chi connectivity index (χ2v) is 9.23. The van der Waals surface area contributed by atoms with Gasteiger partial charge in [0.15, 0.2) is 0 Å². The lowest BCUT2D eigenvalue weighted by molar-refractivity contribution is -0.131. The van der Waals surface area contributed by atoms with Crippen molar-refractivity contribution in [3.05, 3.63) is 63.3 Å². The molecule has 0 aromatic heterocycles. The number of nitroso groups, excluding NO2 is 1. The van der Waals surface area contributed by atoms with E-state index in [9.17, 15) is 27.3 Å². The second-order valence-electron chi connectivity index (χ2n) is 7.01. The van der Waals surface area contributed by atoms with Crippen LogP contribution in [0.25, 0.3) is 6.08 Å². The monoisotopic (exact) mass is 495 g/mol. The van der Waals surface area contributed by atoms with Gasteiger partial charge in [-0.1, -0.05) is 18.5 Å². The summed E-state index contributed by atoms with van der Waals surface area (Å²) < 4.78 is 46.3. The van der Waals surface area contributed by atoms with Crippen molar-refractivity contribution in [3.63, 3.8) is 0 Å². The van der Waals surface area contributed by atoms with E-state index in [0.717, 1.165) is 24.3 Å². The van der Waals surface area contributed by atoms with Gasteiger partial charge in [0, 0.05) is 17.7 Å². The van der Waals surface area contributed by atoms with Crippen LogP contribution in [-0.4, -0.2) is 44.2 Å². The van der Waals surface area contributed by atoms with Crippen molar-refractivity contribution in [2.45, 2.75) is 24.3 Å². The van der Waals surface area contributed by atoms with Gasteiger partial charge in [-0.05, 0) is 54.1 Å². The molecule has 0 saturated carbocycles. The first-order chi connectivity index (χ1) is 15.6. The summed E-state index contributed by atoms with van der Waals surface area (Å²) in [7, 11) is -3.25. The van der Waals surface area contributed by atoms with E-state index >= 15 is 0 Å². The summed E-state index contributed by atoms with van der Waals surface area (Å²) >= 11 is 5.84. The smallest absolute Gasteiger partial charge is 0.267 e. The molecule has 9 nitrogen and oxygen atoms in total. The van der Waals surface area contributed by atoms with Gasteiger partial charge in [0.1, 0.15) is 23.3 Å². The Balaban J connectivity index is 2.17. The molecule has 3 rings (SSSR count). The Morgan fingerprint density at radius 3 is 2.64 bits per heavy atom. The minimum absolute atomic E-state index is 0.0141. The molecule has 0 aliphatic carbocycles. The predicted octanol–water partition coefficient (Wildman–Crippen LogP) is 3.39. The summed E-state index contributed by atoms with van der Waals surface area (Å²) in [5.41, 5.74) is -0.270. The standard InChI is InChI=1S/C21H19ClFN3O6S/c1-3-18-20(27)24-11-13(8-12-9-14(23)4-7-19(12)32-2)21(28)26(18)33(30,31)15-5-6-16(22)17(10-15)25-29/h4-10,18H,3,11H2,1-2H3,(H,24,27)/b13-8+/t18-/m1/s1. The fourth-order valence-electron chi connectivity index (χ4n) is 3.35. The molecule has 12 heteroatoms. The minimum Gasteiger partial charge on any atom is -0.496 e. The Labute approximate surface area is 194 Å². The number of amides is 2. The van der Waals surface area contributed by atoms with Gasteiger partial charge in [0.2, 0.25) is 5.91 Å². The zero-order valence-corrected chi connectivity index (χ0v) is 19.1.